The van der Waals surface area contributed by atoms with E-state index in [2.05, 4.69) is 20.9 Å². The lowest BCUT2D eigenvalue weighted by molar-refractivity contribution is -0.132. The molecule has 0 unspecified atom stereocenters. The molecule has 0 spiro atoms. The van der Waals surface area contributed by atoms with Crippen molar-refractivity contribution in [3.8, 4) is 0 Å². The Hall–Kier alpha value is -0.780. The lowest BCUT2D eigenvalue weighted by atomic mass is 10.3. The number of alkyl halides is 3. The van der Waals surface area contributed by atoms with E-state index in [9.17, 15) is 13.2 Å². The molecular weight excluding hydrogens is 273 g/mol. The van der Waals surface area contributed by atoms with Gasteiger partial charge in [-0.15, -0.1) is 0 Å². The molecule has 1 heterocycles. The summed E-state index contributed by atoms with van der Waals surface area (Å²) in [7, 11) is 1.62. The Labute approximate surface area is 94.2 Å². The Morgan fingerprint density at radius 2 is 2.13 bits per heavy atom. The highest BCUT2D eigenvalue weighted by molar-refractivity contribution is 9.10. The van der Waals surface area contributed by atoms with E-state index in [1.54, 1.807) is 30.4 Å². The van der Waals surface area contributed by atoms with Gasteiger partial charge in [-0.1, -0.05) is 0 Å². The van der Waals surface area contributed by atoms with E-state index in [0.717, 1.165) is 0 Å². The first kappa shape index (κ1) is 12.3. The van der Waals surface area contributed by atoms with Crippen molar-refractivity contribution in [1.82, 2.24) is 4.98 Å². The molecule has 0 fully saturated rings. The third kappa shape index (κ3) is 4.07. The van der Waals surface area contributed by atoms with Crippen LogP contribution in [-0.4, -0.2) is 24.8 Å². The maximum absolute atomic E-state index is 12.0. The van der Waals surface area contributed by atoms with E-state index in [1.807, 2.05) is 0 Å². The van der Waals surface area contributed by atoms with E-state index in [0.29, 0.717) is 10.2 Å². The van der Waals surface area contributed by atoms with E-state index < -0.39 is 12.6 Å². The fourth-order valence-electron chi connectivity index (χ4n) is 1.09. The first-order chi connectivity index (χ1) is 6.90. The molecule has 0 atom stereocenters. The minimum Gasteiger partial charge on any atom is -0.373 e. The molecule has 15 heavy (non-hydrogen) atoms. The fourth-order valence-corrected chi connectivity index (χ4v) is 1.65. The predicted octanol–water partition coefficient (Wildman–Crippen LogP) is 3.23. The van der Waals surface area contributed by atoms with Gasteiger partial charge in [-0.05, 0) is 22.0 Å². The number of hydrogen-bond donors (Lipinski definition) is 0. The Bertz CT molecular complexity index is 327. The number of anilines is 1. The van der Waals surface area contributed by atoms with Crippen molar-refractivity contribution >= 4 is 21.6 Å². The van der Waals surface area contributed by atoms with Crippen LogP contribution < -0.4 is 4.90 Å². The summed E-state index contributed by atoms with van der Waals surface area (Å²) in [4.78, 5) is 5.38. The van der Waals surface area contributed by atoms with Crippen LogP contribution in [0.2, 0.25) is 0 Å². The van der Waals surface area contributed by atoms with Gasteiger partial charge >= 0.3 is 6.18 Å². The van der Waals surface area contributed by atoms with Crippen LogP contribution >= 0.6 is 15.9 Å². The number of nitrogens with zero attached hydrogens (tertiary/aromatic N) is 2. The summed E-state index contributed by atoms with van der Waals surface area (Å²) in [5.41, 5.74) is 0.703. The van der Waals surface area contributed by atoms with Crippen molar-refractivity contribution in [2.45, 2.75) is 12.6 Å². The Morgan fingerprint density at radius 3 is 2.67 bits per heavy atom. The average Bonchev–Trinajstić information content (AvgIpc) is 2.14. The molecule has 0 aliphatic carbocycles. The summed E-state index contributed by atoms with van der Waals surface area (Å²) in [6.45, 7) is -0.0634. The molecular formula is C9H10BrF3N2. The summed E-state index contributed by atoms with van der Waals surface area (Å²) in [5.74, 6) is 0. The van der Waals surface area contributed by atoms with Gasteiger partial charge in [-0.25, -0.2) is 0 Å². The summed E-state index contributed by atoms with van der Waals surface area (Å²) in [5, 5.41) is 0. The van der Waals surface area contributed by atoms with Crippen LogP contribution in [0.5, 0.6) is 0 Å². The van der Waals surface area contributed by atoms with Gasteiger partial charge in [-0.3, -0.25) is 4.98 Å². The van der Waals surface area contributed by atoms with Gasteiger partial charge in [0.05, 0.1) is 16.6 Å². The van der Waals surface area contributed by atoms with Gasteiger partial charge < -0.3 is 4.90 Å². The molecule has 0 bridgehead atoms. The maximum Gasteiger partial charge on any atom is 0.390 e. The minimum absolute atomic E-state index is 0.0634. The minimum atomic E-state index is -4.12. The van der Waals surface area contributed by atoms with Crippen LogP contribution in [0.15, 0.2) is 22.9 Å². The molecule has 0 aliphatic rings. The molecule has 1 aromatic heterocycles. The van der Waals surface area contributed by atoms with Crippen molar-refractivity contribution in [3.05, 3.63) is 22.9 Å². The summed E-state index contributed by atoms with van der Waals surface area (Å²) in [6, 6.07) is 1.67. The maximum atomic E-state index is 12.0. The lowest BCUT2D eigenvalue weighted by Crippen LogP contribution is -2.24. The molecule has 0 saturated heterocycles. The highest BCUT2D eigenvalue weighted by atomic mass is 79.9. The quantitative estimate of drug-likeness (QED) is 0.846. The van der Waals surface area contributed by atoms with Gasteiger partial charge in [0.1, 0.15) is 0 Å². The zero-order valence-electron chi connectivity index (χ0n) is 8.05. The number of hydrogen-bond acceptors (Lipinski definition) is 2. The second-order valence-electron chi connectivity index (χ2n) is 3.11. The zero-order chi connectivity index (χ0) is 11.5. The van der Waals surface area contributed by atoms with Crippen molar-refractivity contribution in [2.24, 2.45) is 0 Å². The van der Waals surface area contributed by atoms with Gasteiger partial charge in [0.2, 0.25) is 0 Å². The molecule has 84 valence electrons. The number of pyridine rings is 1. The van der Waals surface area contributed by atoms with Crippen LogP contribution in [0.4, 0.5) is 18.9 Å². The first-order valence-electron chi connectivity index (χ1n) is 4.27. The monoisotopic (exact) mass is 282 g/mol. The normalized spacial score (nSPS) is 11.5. The SMILES string of the molecule is CN(CCC(F)(F)F)c1ccncc1Br. The molecule has 1 rings (SSSR count). The summed E-state index contributed by atoms with van der Waals surface area (Å²) < 4.78 is 36.6. The largest absolute Gasteiger partial charge is 0.390 e. The summed E-state index contributed by atoms with van der Waals surface area (Å²) >= 11 is 3.23. The number of aromatic nitrogens is 1. The van der Waals surface area contributed by atoms with Crippen LogP contribution in [0, 0.1) is 0 Å². The molecule has 0 N–H and O–H groups in total. The van der Waals surface area contributed by atoms with Crippen LogP contribution in [-0.2, 0) is 0 Å². The molecule has 1 aromatic rings. The third-order valence-corrected chi connectivity index (χ3v) is 2.50. The van der Waals surface area contributed by atoms with E-state index in [-0.39, 0.29) is 6.54 Å². The number of halogens is 4. The van der Waals surface area contributed by atoms with Crippen LogP contribution in [0.1, 0.15) is 6.42 Å². The van der Waals surface area contributed by atoms with E-state index in [4.69, 9.17) is 0 Å². The third-order valence-electron chi connectivity index (χ3n) is 1.89. The van der Waals surface area contributed by atoms with Crippen molar-refractivity contribution in [1.29, 1.82) is 0 Å². The Kier molecular flexibility index (Phi) is 3.96. The van der Waals surface area contributed by atoms with Crippen molar-refractivity contribution in [2.75, 3.05) is 18.5 Å². The molecule has 6 heteroatoms. The second-order valence-corrected chi connectivity index (χ2v) is 3.97. The van der Waals surface area contributed by atoms with Crippen molar-refractivity contribution in [3.63, 3.8) is 0 Å². The molecule has 0 aromatic carbocycles. The van der Waals surface area contributed by atoms with Crippen LogP contribution in [0.25, 0.3) is 0 Å². The topological polar surface area (TPSA) is 16.1 Å². The molecule has 0 saturated carbocycles. The zero-order valence-corrected chi connectivity index (χ0v) is 9.64. The van der Waals surface area contributed by atoms with Gasteiger partial charge in [0.25, 0.3) is 0 Å². The number of rotatable bonds is 3. The van der Waals surface area contributed by atoms with Gasteiger partial charge in [0.15, 0.2) is 0 Å². The van der Waals surface area contributed by atoms with Crippen molar-refractivity contribution < 1.29 is 13.2 Å². The second kappa shape index (κ2) is 4.83. The first-order valence-corrected chi connectivity index (χ1v) is 5.07. The predicted molar refractivity (Wildman–Crippen MR) is 55.9 cm³/mol. The molecule has 0 aliphatic heterocycles. The summed E-state index contributed by atoms with van der Waals surface area (Å²) in [6.07, 6.45) is -1.84. The van der Waals surface area contributed by atoms with Gasteiger partial charge in [-0.2, -0.15) is 13.2 Å². The molecule has 0 amide bonds. The average molecular weight is 283 g/mol. The standard InChI is InChI=1S/C9H10BrF3N2/c1-15(5-3-9(11,12)13)8-2-4-14-6-7(8)10/h2,4,6H,3,5H2,1H3. The Balaban J connectivity index is 2.62. The molecule has 0 radical (unpaired) electrons. The van der Waals surface area contributed by atoms with E-state index >= 15 is 0 Å². The van der Waals surface area contributed by atoms with Crippen LogP contribution in [0.3, 0.4) is 0 Å². The lowest BCUT2D eigenvalue weighted by Gasteiger charge is -2.20. The molecule has 2 nitrogen and oxygen atoms in total. The van der Waals surface area contributed by atoms with E-state index in [1.165, 1.54) is 0 Å². The highest BCUT2D eigenvalue weighted by Gasteiger charge is 2.27. The fraction of sp³-hybridized carbons (Fsp3) is 0.444. The Morgan fingerprint density at radius 1 is 1.47 bits per heavy atom. The van der Waals surface area contributed by atoms with Gasteiger partial charge in [0, 0.05) is 26.0 Å². The highest BCUT2D eigenvalue weighted by Crippen LogP contribution is 2.26. The smallest absolute Gasteiger partial charge is 0.373 e.